The van der Waals surface area contributed by atoms with E-state index in [2.05, 4.69) is 5.32 Å². The Labute approximate surface area is 127 Å². The number of nitrogens with zero attached hydrogens (tertiary/aromatic N) is 1. The molecule has 2 aromatic rings. The molecule has 1 heterocycles. The molecule has 0 saturated heterocycles. The van der Waals surface area contributed by atoms with E-state index >= 15 is 0 Å². The van der Waals surface area contributed by atoms with E-state index in [0.717, 1.165) is 5.76 Å². The molecular formula is C15H16N2O5. The largest absolute Gasteiger partial charge is 0.486 e. The van der Waals surface area contributed by atoms with E-state index in [4.69, 9.17) is 9.15 Å². The van der Waals surface area contributed by atoms with Gasteiger partial charge >= 0.3 is 5.69 Å². The molecule has 0 spiro atoms. The minimum absolute atomic E-state index is 0.0808. The molecule has 1 aromatic heterocycles. The van der Waals surface area contributed by atoms with Gasteiger partial charge in [0.15, 0.2) is 5.75 Å². The summed E-state index contributed by atoms with van der Waals surface area (Å²) >= 11 is 0. The third-order valence-electron chi connectivity index (χ3n) is 2.92. The highest BCUT2D eigenvalue weighted by Crippen LogP contribution is 2.25. The third-order valence-corrected chi connectivity index (χ3v) is 2.92. The molecule has 22 heavy (non-hydrogen) atoms. The number of hydrogen-bond donors (Lipinski definition) is 1. The monoisotopic (exact) mass is 304 g/mol. The second-order valence-corrected chi connectivity index (χ2v) is 4.50. The predicted octanol–water partition coefficient (Wildman–Crippen LogP) is 2.32. The smallest absolute Gasteiger partial charge is 0.310 e. The molecule has 1 amide bonds. The number of benzene rings is 1. The molecule has 0 atom stereocenters. The van der Waals surface area contributed by atoms with Crippen molar-refractivity contribution in [3.63, 3.8) is 0 Å². The first-order valence-electron chi connectivity index (χ1n) is 6.82. The van der Waals surface area contributed by atoms with Gasteiger partial charge in [-0.2, -0.15) is 0 Å². The van der Waals surface area contributed by atoms with Crippen LogP contribution in [-0.2, 0) is 11.2 Å². The zero-order chi connectivity index (χ0) is 15.8. The molecule has 7 heteroatoms. The normalized spacial score (nSPS) is 10.2. The van der Waals surface area contributed by atoms with Crippen LogP contribution >= 0.6 is 0 Å². The maximum Gasteiger partial charge on any atom is 0.310 e. The zero-order valence-corrected chi connectivity index (χ0v) is 11.9. The van der Waals surface area contributed by atoms with Crippen LogP contribution in [0.2, 0.25) is 0 Å². The van der Waals surface area contributed by atoms with Gasteiger partial charge in [-0.15, -0.1) is 0 Å². The molecule has 0 aliphatic rings. The minimum Gasteiger partial charge on any atom is -0.486 e. The lowest BCUT2D eigenvalue weighted by Crippen LogP contribution is -2.26. The summed E-state index contributed by atoms with van der Waals surface area (Å²) in [6.07, 6.45) is 2.33. The average Bonchev–Trinajstić information content (AvgIpc) is 3.01. The second kappa shape index (κ2) is 7.82. The van der Waals surface area contributed by atoms with E-state index in [1.165, 1.54) is 12.1 Å². The van der Waals surface area contributed by atoms with Crippen LogP contribution in [0.4, 0.5) is 5.69 Å². The van der Waals surface area contributed by atoms with Crippen LogP contribution in [-0.4, -0.2) is 24.0 Å². The number of nitro groups is 1. The molecule has 0 fully saturated rings. The Hall–Kier alpha value is -2.83. The quantitative estimate of drug-likeness (QED) is 0.596. The van der Waals surface area contributed by atoms with Crippen molar-refractivity contribution in [3.05, 3.63) is 58.5 Å². The fourth-order valence-electron chi connectivity index (χ4n) is 1.85. The number of carbonyl (C=O) groups is 1. The summed E-state index contributed by atoms with van der Waals surface area (Å²) in [4.78, 5) is 21.9. The number of para-hydroxylation sites is 2. The van der Waals surface area contributed by atoms with Crippen LogP contribution in [0.15, 0.2) is 47.1 Å². The topological polar surface area (TPSA) is 94.6 Å². The highest BCUT2D eigenvalue weighted by atomic mass is 16.6. The van der Waals surface area contributed by atoms with Crippen molar-refractivity contribution < 1.29 is 18.9 Å². The standard InChI is InChI=1S/C15H16N2O5/c18-15(16-9-7-12-4-3-10-21-12)8-11-22-14-6-2-1-5-13(14)17(19)20/h1-6,10H,7-9,11H2,(H,16,18). The summed E-state index contributed by atoms with van der Waals surface area (Å²) in [5.41, 5.74) is -0.110. The van der Waals surface area contributed by atoms with E-state index in [-0.39, 0.29) is 30.4 Å². The average molecular weight is 304 g/mol. The van der Waals surface area contributed by atoms with Gasteiger partial charge in [0, 0.05) is 19.0 Å². The second-order valence-electron chi connectivity index (χ2n) is 4.50. The van der Waals surface area contributed by atoms with Crippen molar-refractivity contribution in [1.82, 2.24) is 5.32 Å². The van der Waals surface area contributed by atoms with Crippen molar-refractivity contribution in [1.29, 1.82) is 0 Å². The van der Waals surface area contributed by atoms with Crippen LogP contribution in [0.25, 0.3) is 0 Å². The summed E-state index contributed by atoms with van der Waals surface area (Å²) in [7, 11) is 0. The van der Waals surface area contributed by atoms with Crippen molar-refractivity contribution in [2.75, 3.05) is 13.2 Å². The Balaban J connectivity index is 1.70. The van der Waals surface area contributed by atoms with Gasteiger partial charge in [0.1, 0.15) is 5.76 Å². The molecule has 0 bridgehead atoms. The summed E-state index contributed by atoms with van der Waals surface area (Å²) in [6, 6.07) is 9.70. The number of rotatable bonds is 8. The number of ether oxygens (including phenoxy) is 1. The Kier molecular flexibility index (Phi) is 5.53. The van der Waals surface area contributed by atoms with Crippen molar-refractivity contribution in [3.8, 4) is 5.75 Å². The Bertz CT molecular complexity index is 625. The molecular weight excluding hydrogens is 288 g/mol. The molecule has 0 unspecified atom stereocenters. The van der Waals surface area contributed by atoms with Gasteiger partial charge in [-0.3, -0.25) is 14.9 Å². The van der Waals surface area contributed by atoms with Gasteiger partial charge in [0.05, 0.1) is 24.2 Å². The summed E-state index contributed by atoms with van der Waals surface area (Å²) in [5, 5.41) is 13.5. The number of nitrogens with one attached hydrogen (secondary N) is 1. The molecule has 2 rings (SSSR count). The van der Waals surface area contributed by atoms with Gasteiger partial charge in [-0.25, -0.2) is 0 Å². The number of carbonyl (C=O) groups excluding carboxylic acids is 1. The maximum atomic E-state index is 11.6. The first-order valence-corrected chi connectivity index (χ1v) is 6.82. The lowest BCUT2D eigenvalue weighted by molar-refractivity contribution is -0.385. The van der Waals surface area contributed by atoms with Crippen LogP contribution in [0.5, 0.6) is 5.75 Å². The lowest BCUT2D eigenvalue weighted by Gasteiger charge is -2.07. The maximum absolute atomic E-state index is 11.6. The number of furan rings is 1. The molecule has 0 aliphatic heterocycles. The van der Waals surface area contributed by atoms with E-state index in [1.807, 2.05) is 6.07 Å². The molecule has 0 radical (unpaired) electrons. The van der Waals surface area contributed by atoms with Crippen molar-refractivity contribution >= 4 is 11.6 Å². The van der Waals surface area contributed by atoms with Crippen molar-refractivity contribution in [2.24, 2.45) is 0 Å². The Morgan fingerprint density at radius 2 is 2.09 bits per heavy atom. The van der Waals surface area contributed by atoms with Gasteiger partial charge in [-0.1, -0.05) is 12.1 Å². The van der Waals surface area contributed by atoms with Crippen LogP contribution in [0, 0.1) is 10.1 Å². The Morgan fingerprint density at radius 1 is 1.27 bits per heavy atom. The van der Waals surface area contributed by atoms with Crippen LogP contribution in [0.1, 0.15) is 12.2 Å². The van der Waals surface area contributed by atoms with Crippen LogP contribution in [0.3, 0.4) is 0 Å². The molecule has 1 N–H and O–H groups in total. The molecule has 0 saturated carbocycles. The van der Waals surface area contributed by atoms with E-state index in [0.29, 0.717) is 13.0 Å². The zero-order valence-electron chi connectivity index (χ0n) is 11.9. The number of amides is 1. The first-order chi connectivity index (χ1) is 10.7. The van der Waals surface area contributed by atoms with Gasteiger partial charge in [0.25, 0.3) is 0 Å². The van der Waals surface area contributed by atoms with E-state index in [1.54, 1.807) is 24.5 Å². The fraction of sp³-hybridized carbons (Fsp3) is 0.267. The molecule has 0 aliphatic carbocycles. The SMILES string of the molecule is O=C(CCOc1ccccc1[N+](=O)[O-])NCCc1ccco1. The predicted molar refractivity (Wildman–Crippen MR) is 78.6 cm³/mol. The fourth-order valence-corrected chi connectivity index (χ4v) is 1.85. The molecule has 7 nitrogen and oxygen atoms in total. The Morgan fingerprint density at radius 3 is 2.82 bits per heavy atom. The highest BCUT2D eigenvalue weighted by Gasteiger charge is 2.13. The third kappa shape index (κ3) is 4.62. The van der Waals surface area contributed by atoms with E-state index in [9.17, 15) is 14.9 Å². The molecule has 116 valence electrons. The summed E-state index contributed by atoms with van der Waals surface area (Å²) in [6.45, 7) is 0.551. The first kappa shape index (κ1) is 15.6. The molecule has 1 aromatic carbocycles. The van der Waals surface area contributed by atoms with E-state index < -0.39 is 4.92 Å². The summed E-state index contributed by atoms with van der Waals surface area (Å²) in [5.74, 6) is 0.789. The van der Waals surface area contributed by atoms with Crippen LogP contribution < -0.4 is 10.1 Å². The number of nitro benzene ring substituents is 1. The van der Waals surface area contributed by atoms with Crippen molar-refractivity contribution in [2.45, 2.75) is 12.8 Å². The summed E-state index contributed by atoms with van der Waals surface area (Å²) < 4.78 is 10.5. The van der Waals surface area contributed by atoms with Gasteiger partial charge in [0.2, 0.25) is 5.91 Å². The number of hydrogen-bond acceptors (Lipinski definition) is 5. The lowest BCUT2D eigenvalue weighted by atomic mass is 10.3. The minimum atomic E-state index is -0.515. The van der Waals surface area contributed by atoms with Gasteiger partial charge < -0.3 is 14.5 Å². The highest BCUT2D eigenvalue weighted by molar-refractivity contribution is 5.76. The van der Waals surface area contributed by atoms with Gasteiger partial charge in [-0.05, 0) is 18.2 Å².